The maximum atomic E-state index is 12.6. The quantitative estimate of drug-likeness (QED) is 0.716. The molecule has 0 saturated carbocycles. The molecule has 0 bridgehead atoms. The van der Waals surface area contributed by atoms with Crippen molar-refractivity contribution in [2.75, 3.05) is 0 Å². The van der Waals surface area contributed by atoms with Crippen molar-refractivity contribution in [3.63, 3.8) is 0 Å². The Morgan fingerprint density at radius 2 is 1.73 bits per heavy atom. The van der Waals surface area contributed by atoms with Crippen LogP contribution in [0.1, 0.15) is 32.4 Å². The molecule has 1 unspecified atom stereocenters. The summed E-state index contributed by atoms with van der Waals surface area (Å²) in [6, 6.07) is 5.95. The van der Waals surface area contributed by atoms with Crippen LogP contribution in [0.25, 0.3) is 0 Å². The zero-order valence-electron chi connectivity index (χ0n) is 9.16. The summed E-state index contributed by atoms with van der Waals surface area (Å²) >= 11 is 0. The summed E-state index contributed by atoms with van der Waals surface area (Å²) in [7, 11) is 0. The lowest BCUT2D eigenvalue weighted by Gasteiger charge is -2.14. The fraction of sp³-hybridized carbons (Fsp3) is 0.417. The highest BCUT2D eigenvalue weighted by atomic mass is 19.1. The van der Waals surface area contributed by atoms with Gasteiger partial charge < -0.3 is 4.74 Å². The van der Waals surface area contributed by atoms with Gasteiger partial charge in [0.2, 0.25) is 0 Å². The van der Waals surface area contributed by atoms with Crippen LogP contribution in [-0.4, -0.2) is 5.97 Å². The summed E-state index contributed by atoms with van der Waals surface area (Å²) < 4.78 is 17.8. The van der Waals surface area contributed by atoms with E-state index in [0.29, 0.717) is 0 Å². The molecule has 0 radical (unpaired) electrons. The van der Waals surface area contributed by atoms with Crippen LogP contribution < -0.4 is 0 Å². The van der Waals surface area contributed by atoms with Gasteiger partial charge in [0.05, 0.1) is 5.92 Å². The third kappa shape index (κ3) is 3.35. The minimum Gasteiger partial charge on any atom is -0.458 e. The molecule has 1 atom stereocenters. The Morgan fingerprint density at radius 3 is 2.20 bits per heavy atom. The molecule has 1 rings (SSSR count). The van der Waals surface area contributed by atoms with Gasteiger partial charge in [0.25, 0.3) is 0 Å². The first-order valence-corrected chi connectivity index (χ1v) is 4.96. The van der Waals surface area contributed by atoms with Gasteiger partial charge in [-0.3, -0.25) is 4.79 Å². The van der Waals surface area contributed by atoms with Crippen LogP contribution in [0.15, 0.2) is 24.3 Å². The van der Waals surface area contributed by atoms with Gasteiger partial charge in [-0.05, 0) is 24.6 Å². The summed E-state index contributed by atoms with van der Waals surface area (Å²) in [4.78, 5) is 11.3. The van der Waals surface area contributed by atoms with Crippen molar-refractivity contribution in [1.29, 1.82) is 0 Å². The second-order valence-electron chi connectivity index (χ2n) is 3.79. The summed E-state index contributed by atoms with van der Waals surface area (Å²) in [5.74, 6) is -0.680. The average molecular weight is 210 g/mol. The third-order valence-corrected chi connectivity index (χ3v) is 2.10. The van der Waals surface area contributed by atoms with Crippen LogP contribution in [0.5, 0.6) is 0 Å². The standard InChI is InChI=1S/C12H15FO2/c1-8(2)12(14)15-9(3)10-4-6-11(13)7-5-10/h4-9H,1-3H3. The molecular weight excluding hydrogens is 195 g/mol. The molecule has 15 heavy (non-hydrogen) atoms. The zero-order valence-corrected chi connectivity index (χ0v) is 9.16. The van der Waals surface area contributed by atoms with E-state index in [-0.39, 0.29) is 23.8 Å². The molecule has 0 aliphatic rings. The number of hydrogen-bond acceptors (Lipinski definition) is 2. The van der Waals surface area contributed by atoms with Crippen LogP contribution >= 0.6 is 0 Å². The van der Waals surface area contributed by atoms with Gasteiger partial charge >= 0.3 is 5.97 Å². The third-order valence-electron chi connectivity index (χ3n) is 2.10. The fourth-order valence-electron chi connectivity index (χ4n) is 1.11. The van der Waals surface area contributed by atoms with Crippen molar-refractivity contribution in [1.82, 2.24) is 0 Å². The molecule has 0 amide bonds. The second kappa shape index (κ2) is 4.91. The van der Waals surface area contributed by atoms with Crippen LogP contribution in [0, 0.1) is 11.7 Å². The van der Waals surface area contributed by atoms with Crippen molar-refractivity contribution in [3.05, 3.63) is 35.6 Å². The van der Waals surface area contributed by atoms with E-state index in [9.17, 15) is 9.18 Å². The lowest BCUT2D eigenvalue weighted by Crippen LogP contribution is -2.14. The van der Waals surface area contributed by atoms with E-state index in [1.165, 1.54) is 12.1 Å². The number of carbonyl (C=O) groups is 1. The predicted octanol–water partition coefficient (Wildman–Crippen LogP) is 3.09. The van der Waals surface area contributed by atoms with E-state index in [0.717, 1.165) is 5.56 Å². The largest absolute Gasteiger partial charge is 0.458 e. The van der Waals surface area contributed by atoms with Crippen LogP contribution in [0.3, 0.4) is 0 Å². The van der Waals surface area contributed by atoms with Gasteiger partial charge in [0.1, 0.15) is 11.9 Å². The van der Waals surface area contributed by atoms with Crippen molar-refractivity contribution < 1.29 is 13.9 Å². The average Bonchev–Trinajstić information content (AvgIpc) is 2.18. The number of hydrogen-bond donors (Lipinski definition) is 0. The summed E-state index contributed by atoms with van der Waals surface area (Å²) in [5, 5.41) is 0. The number of carbonyl (C=O) groups excluding carboxylic acids is 1. The molecule has 1 aromatic carbocycles. The molecule has 0 saturated heterocycles. The number of halogens is 1. The van der Waals surface area contributed by atoms with E-state index in [1.54, 1.807) is 32.9 Å². The van der Waals surface area contributed by atoms with Gasteiger partial charge in [-0.15, -0.1) is 0 Å². The highest BCUT2D eigenvalue weighted by molar-refractivity contribution is 5.71. The smallest absolute Gasteiger partial charge is 0.308 e. The fourth-order valence-corrected chi connectivity index (χ4v) is 1.11. The van der Waals surface area contributed by atoms with Crippen molar-refractivity contribution in [2.45, 2.75) is 26.9 Å². The maximum Gasteiger partial charge on any atom is 0.308 e. The summed E-state index contributed by atoms with van der Waals surface area (Å²) in [6.45, 7) is 5.33. The Bertz CT molecular complexity index is 330. The Kier molecular flexibility index (Phi) is 3.83. The first kappa shape index (κ1) is 11.7. The molecule has 2 nitrogen and oxygen atoms in total. The highest BCUT2D eigenvalue weighted by Crippen LogP contribution is 2.18. The normalized spacial score (nSPS) is 12.6. The van der Waals surface area contributed by atoms with E-state index in [2.05, 4.69) is 0 Å². The molecule has 0 fully saturated rings. The van der Waals surface area contributed by atoms with Gasteiger partial charge in [-0.2, -0.15) is 0 Å². The Balaban J connectivity index is 2.65. The van der Waals surface area contributed by atoms with Gasteiger partial charge in [-0.1, -0.05) is 26.0 Å². The number of benzene rings is 1. The summed E-state index contributed by atoms with van der Waals surface area (Å²) in [6.07, 6.45) is -0.333. The van der Waals surface area contributed by atoms with Crippen LogP contribution in [0.4, 0.5) is 4.39 Å². The minimum atomic E-state index is -0.333. The van der Waals surface area contributed by atoms with Gasteiger partial charge in [-0.25, -0.2) is 4.39 Å². The van der Waals surface area contributed by atoms with E-state index in [4.69, 9.17) is 4.74 Å². The minimum absolute atomic E-state index is 0.145. The van der Waals surface area contributed by atoms with E-state index in [1.807, 2.05) is 0 Å². The Labute approximate surface area is 89.1 Å². The van der Waals surface area contributed by atoms with E-state index < -0.39 is 0 Å². The molecule has 3 heteroatoms. The molecular formula is C12H15FO2. The SMILES string of the molecule is CC(C)C(=O)OC(C)c1ccc(F)cc1. The molecule has 0 aliphatic carbocycles. The monoisotopic (exact) mass is 210 g/mol. The topological polar surface area (TPSA) is 26.3 Å². The molecule has 1 aromatic rings. The van der Waals surface area contributed by atoms with E-state index >= 15 is 0 Å². The first-order chi connectivity index (χ1) is 7.00. The lowest BCUT2D eigenvalue weighted by molar-refractivity contribution is -0.152. The van der Waals surface area contributed by atoms with Gasteiger partial charge in [0, 0.05) is 0 Å². The molecule has 82 valence electrons. The highest BCUT2D eigenvalue weighted by Gasteiger charge is 2.14. The van der Waals surface area contributed by atoms with Gasteiger partial charge in [0.15, 0.2) is 0 Å². The lowest BCUT2D eigenvalue weighted by atomic mass is 10.1. The van der Waals surface area contributed by atoms with Crippen LogP contribution in [-0.2, 0) is 9.53 Å². The maximum absolute atomic E-state index is 12.6. The zero-order chi connectivity index (χ0) is 11.4. The molecule has 0 spiro atoms. The molecule has 0 heterocycles. The summed E-state index contributed by atoms with van der Waals surface area (Å²) in [5.41, 5.74) is 0.797. The number of rotatable bonds is 3. The Hall–Kier alpha value is -1.38. The molecule has 0 aliphatic heterocycles. The van der Waals surface area contributed by atoms with Crippen molar-refractivity contribution >= 4 is 5.97 Å². The predicted molar refractivity (Wildman–Crippen MR) is 55.7 cm³/mol. The molecule has 0 N–H and O–H groups in total. The Morgan fingerprint density at radius 1 is 1.20 bits per heavy atom. The number of esters is 1. The van der Waals surface area contributed by atoms with Crippen LogP contribution in [0.2, 0.25) is 0 Å². The van der Waals surface area contributed by atoms with Crippen molar-refractivity contribution in [3.8, 4) is 0 Å². The molecule has 0 aromatic heterocycles. The van der Waals surface area contributed by atoms with Crippen molar-refractivity contribution in [2.24, 2.45) is 5.92 Å². The second-order valence-corrected chi connectivity index (χ2v) is 3.79. The first-order valence-electron chi connectivity index (χ1n) is 4.96. The number of ether oxygens (including phenoxy) is 1.